The van der Waals surface area contributed by atoms with Gasteiger partial charge < -0.3 is 5.32 Å². The number of likely N-dealkylation sites (N-methyl/N-ethyl adjacent to an activating group) is 1. The molecule has 1 nitrogen and oxygen atoms in total. The van der Waals surface area contributed by atoms with Crippen LogP contribution in [0.25, 0.3) is 0 Å². The van der Waals surface area contributed by atoms with Gasteiger partial charge in [0.1, 0.15) is 0 Å². The van der Waals surface area contributed by atoms with Crippen molar-refractivity contribution in [2.45, 2.75) is 64.8 Å². The molecular formula is C18H27F2N. The minimum Gasteiger partial charge on any atom is -0.316 e. The van der Waals surface area contributed by atoms with Gasteiger partial charge in [-0.3, -0.25) is 0 Å². The summed E-state index contributed by atoms with van der Waals surface area (Å²) < 4.78 is 26.6. The van der Waals surface area contributed by atoms with Crippen molar-refractivity contribution in [3.8, 4) is 0 Å². The molecule has 1 atom stereocenters. The average Bonchev–Trinajstić information content (AvgIpc) is 2.39. The molecule has 2 rings (SSSR count). The number of hydrogen-bond acceptors (Lipinski definition) is 1. The number of benzene rings is 1. The Balaban J connectivity index is 2.10. The SMILES string of the molecule is CNC(Cc1c(C)cc(C)cc1C)C1CCC(F)(F)CC1. The van der Waals surface area contributed by atoms with E-state index in [2.05, 4.69) is 38.2 Å². The predicted octanol–water partition coefficient (Wildman–Crippen LogP) is 4.57. The maximum absolute atomic E-state index is 13.3. The smallest absolute Gasteiger partial charge is 0.248 e. The fraction of sp³-hybridized carbons (Fsp3) is 0.667. The molecule has 0 saturated heterocycles. The minimum atomic E-state index is -2.44. The van der Waals surface area contributed by atoms with Gasteiger partial charge in [-0.1, -0.05) is 17.7 Å². The molecule has 0 amide bonds. The number of aryl methyl sites for hydroxylation is 3. The summed E-state index contributed by atoms with van der Waals surface area (Å²) in [7, 11) is 1.95. The zero-order valence-electron chi connectivity index (χ0n) is 13.6. The topological polar surface area (TPSA) is 12.0 Å². The van der Waals surface area contributed by atoms with Crippen LogP contribution in [0, 0.1) is 26.7 Å². The van der Waals surface area contributed by atoms with E-state index in [0.717, 1.165) is 6.42 Å². The Morgan fingerprint density at radius 2 is 1.67 bits per heavy atom. The third-order valence-corrected chi connectivity index (χ3v) is 4.97. The molecule has 1 saturated carbocycles. The van der Waals surface area contributed by atoms with Crippen LogP contribution in [0.3, 0.4) is 0 Å². The van der Waals surface area contributed by atoms with Crippen molar-refractivity contribution in [1.29, 1.82) is 0 Å². The fourth-order valence-corrected chi connectivity index (χ4v) is 3.72. The summed E-state index contributed by atoms with van der Waals surface area (Å²) in [5.41, 5.74) is 5.28. The number of alkyl halides is 2. The van der Waals surface area contributed by atoms with E-state index in [1.54, 1.807) is 0 Å². The molecule has 0 aliphatic heterocycles. The van der Waals surface area contributed by atoms with E-state index in [0.29, 0.717) is 24.8 Å². The summed E-state index contributed by atoms with van der Waals surface area (Å²) in [5.74, 6) is -2.08. The Labute approximate surface area is 127 Å². The van der Waals surface area contributed by atoms with E-state index in [1.807, 2.05) is 7.05 Å². The maximum atomic E-state index is 13.3. The zero-order valence-corrected chi connectivity index (χ0v) is 13.6. The van der Waals surface area contributed by atoms with Crippen molar-refractivity contribution >= 4 is 0 Å². The van der Waals surface area contributed by atoms with Crippen LogP contribution in [0.2, 0.25) is 0 Å². The Hall–Kier alpha value is -0.960. The number of hydrogen-bond donors (Lipinski definition) is 1. The van der Waals surface area contributed by atoms with Gasteiger partial charge in [0.05, 0.1) is 0 Å². The van der Waals surface area contributed by atoms with Crippen LogP contribution >= 0.6 is 0 Å². The minimum absolute atomic E-state index is 0.0434. The van der Waals surface area contributed by atoms with E-state index in [-0.39, 0.29) is 12.8 Å². The van der Waals surface area contributed by atoms with Gasteiger partial charge in [0.15, 0.2) is 0 Å². The Bertz CT molecular complexity index is 463. The first-order chi connectivity index (χ1) is 9.82. The number of nitrogens with one attached hydrogen (secondary N) is 1. The van der Waals surface area contributed by atoms with Crippen LogP contribution < -0.4 is 5.32 Å². The fourth-order valence-electron chi connectivity index (χ4n) is 3.72. The highest BCUT2D eigenvalue weighted by atomic mass is 19.3. The third kappa shape index (κ3) is 4.03. The van der Waals surface area contributed by atoms with Gasteiger partial charge in [0, 0.05) is 18.9 Å². The normalized spacial score (nSPS) is 20.5. The summed E-state index contributed by atoms with van der Waals surface area (Å²) in [5, 5.41) is 3.37. The second kappa shape index (κ2) is 6.43. The molecule has 1 fully saturated rings. The van der Waals surface area contributed by atoms with E-state index in [9.17, 15) is 8.78 Å². The predicted molar refractivity (Wildman–Crippen MR) is 84.1 cm³/mol. The van der Waals surface area contributed by atoms with E-state index in [1.165, 1.54) is 22.3 Å². The Kier molecular flexibility index (Phi) is 5.03. The average molecular weight is 295 g/mol. The van der Waals surface area contributed by atoms with Crippen LogP contribution in [-0.4, -0.2) is 19.0 Å². The molecule has 0 heterocycles. The Morgan fingerprint density at radius 1 is 1.14 bits per heavy atom. The molecule has 1 aromatic rings. The summed E-state index contributed by atoms with van der Waals surface area (Å²) in [6.45, 7) is 6.41. The molecule has 1 aliphatic carbocycles. The van der Waals surface area contributed by atoms with Crippen LogP contribution in [0.4, 0.5) is 8.78 Å². The van der Waals surface area contributed by atoms with Crippen LogP contribution in [0.5, 0.6) is 0 Å². The van der Waals surface area contributed by atoms with Crippen LogP contribution in [0.15, 0.2) is 12.1 Å². The van der Waals surface area contributed by atoms with E-state index < -0.39 is 5.92 Å². The third-order valence-electron chi connectivity index (χ3n) is 4.97. The molecule has 21 heavy (non-hydrogen) atoms. The lowest BCUT2D eigenvalue weighted by atomic mass is 9.79. The molecule has 0 spiro atoms. The second-order valence-electron chi connectivity index (χ2n) is 6.67. The summed E-state index contributed by atoms with van der Waals surface area (Å²) in [6.07, 6.45) is 2.28. The van der Waals surface area contributed by atoms with Crippen molar-refractivity contribution in [3.05, 3.63) is 34.4 Å². The van der Waals surface area contributed by atoms with Gasteiger partial charge in [-0.15, -0.1) is 0 Å². The van der Waals surface area contributed by atoms with Gasteiger partial charge in [-0.25, -0.2) is 8.78 Å². The molecule has 0 bridgehead atoms. The summed E-state index contributed by atoms with van der Waals surface area (Å²) >= 11 is 0. The Morgan fingerprint density at radius 3 is 2.14 bits per heavy atom. The summed E-state index contributed by atoms with van der Waals surface area (Å²) in [4.78, 5) is 0. The quantitative estimate of drug-likeness (QED) is 0.858. The van der Waals surface area contributed by atoms with Crippen molar-refractivity contribution in [2.75, 3.05) is 7.05 Å². The highest BCUT2D eigenvalue weighted by molar-refractivity contribution is 5.38. The van der Waals surface area contributed by atoms with E-state index in [4.69, 9.17) is 0 Å². The molecular weight excluding hydrogens is 268 g/mol. The number of rotatable bonds is 4. The second-order valence-corrected chi connectivity index (χ2v) is 6.67. The molecule has 0 aromatic heterocycles. The number of halogens is 2. The molecule has 0 radical (unpaired) electrons. The van der Waals surface area contributed by atoms with Gasteiger partial charge in [-0.2, -0.15) is 0 Å². The first-order valence-electron chi connectivity index (χ1n) is 7.94. The molecule has 1 aromatic carbocycles. The largest absolute Gasteiger partial charge is 0.316 e. The molecule has 118 valence electrons. The highest BCUT2D eigenvalue weighted by Gasteiger charge is 2.37. The van der Waals surface area contributed by atoms with Crippen LogP contribution in [-0.2, 0) is 6.42 Å². The lowest BCUT2D eigenvalue weighted by Gasteiger charge is -2.34. The van der Waals surface area contributed by atoms with Crippen molar-refractivity contribution in [2.24, 2.45) is 5.92 Å². The van der Waals surface area contributed by atoms with Crippen molar-refractivity contribution in [1.82, 2.24) is 5.32 Å². The highest BCUT2D eigenvalue weighted by Crippen LogP contribution is 2.38. The first-order valence-corrected chi connectivity index (χ1v) is 7.94. The zero-order chi connectivity index (χ0) is 15.6. The van der Waals surface area contributed by atoms with Crippen molar-refractivity contribution < 1.29 is 8.78 Å². The monoisotopic (exact) mass is 295 g/mol. The molecule has 1 aliphatic rings. The van der Waals surface area contributed by atoms with Gasteiger partial charge in [0.2, 0.25) is 5.92 Å². The van der Waals surface area contributed by atoms with E-state index >= 15 is 0 Å². The van der Waals surface area contributed by atoms with Gasteiger partial charge in [-0.05, 0) is 69.7 Å². The lowest BCUT2D eigenvalue weighted by Crippen LogP contribution is -2.40. The van der Waals surface area contributed by atoms with Gasteiger partial charge >= 0.3 is 0 Å². The van der Waals surface area contributed by atoms with Gasteiger partial charge in [0.25, 0.3) is 0 Å². The summed E-state index contributed by atoms with van der Waals surface area (Å²) in [6, 6.07) is 4.72. The maximum Gasteiger partial charge on any atom is 0.248 e. The molecule has 1 unspecified atom stereocenters. The standard InChI is InChI=1S/C18H27F2N/c1-12-9-13(2)16(14(3)10-12)11-17(21-4)15-5-7-18(19,20)8-6-15/h9-10,15,17,21H,5-8,11H2,1-4H3. The van der Waals surface area contributed by atoms with Crippen LogP contribution in [0.1, 0.15) is 47.9 Å². The molecule has 1 N–H and O–H groups in total. The van der Waals surface area contributed by atoms with Crippen molar-refractivity contribution in [3.63, 3.8) is 0 Å². The first kappa shape index (κ1) is 16.4. The lowest BCUT2D eigenvalue weighted by molar-refractivity contribution is -0.0492. The molecule has 3 heteroatoms.